The number of fused-ring (bicyclic) bond motifs is 1. The Morgan fingerprint density at radius 1 is 1.19 bits per heavy atom. The highest BCUT2D eigenvalue weighted by Gasteiger charge is 2.35. The number of ketones is 1. The second-order valence-electron chi connectivity index (χ2n) is 6.04. The topological polar surface area (TPSA) is 87.5 Å². The van der Waals surface area contributed by atoms with E-state index in [1.165, 1.54) is 10.8 Å². The van der Waals surface area contributed by atoms with Crippen molar-refractivity contribution in [3.8, 4) is 0 Å². The number of nitrogens with zero attached hydrogens (tertiary/aromatic N) is 2. The number of aromatic nitrogens is 2. The van der Waals surface area contributed by atoms with E-state index in [1.54, 1.807) is 19.9 Å². The van der Waals surface area contributed by atoms with Crippen molar-refractivity contribution in [2.75, 3.05) is 13.2 Å². The molecule has 1 atom stereocenters. The number of hydrogen-bond acceptors (Lipinski definition) is 6. The molecule has 1 aliphatic rings. The van der Waals surface area contributed by atoms with Gasteiger partial charge in [0.2, 0.25) is 5.82 Å². The van der Waals surface area contributed by atoms with Crippen LogP contribution in [0.3, 0.4) is 0 Å². The molecule has 1 heterocycles. The van der Waals surface area contributed by atoms with E-state index in [4.69, 9.17) is 9.47 Å². The zero-order chi connectivity index (χ0) is 18.8. The van der Waals surface area contributed by atoms with Gasteiger partial charge in [-0.15, -0.1) is 0 Å². The molecule has 3 rings (SSSR count). The van der Waals surface area contributed by atoms with E-state index in [0.717, 1.165) is 11.1 Å². The Bertz CT molecular complexity index is 884. The van der Waals surface area contributed by atoms with Crippen LogP contribution in [0.2, 0.25) is 0 Å². The summed E-state index contributed by atoms with van der Waals surface area (Å²) in [5.41, 5.74) is 2.58. The molecule has 0 aliphatic heterocycles. The van der Waals surface area contributed by atoms with Gasteiger partial charge >= 0.3 is 11.9 Å². The van der Waals surface area contributed by atoms with Crippen molar-refractivity contribution in [2.45, 2.75) is 33.2 Å². The summed E-state index contributed by atoms with van der Waals surface area (Å²) in [6.07, 6.45) is 1.83. The first-order valence-electron chi connectivity index (χ1n) is 8.53. The molecule has 0 fully saturated rings. The van der Waals surface area contributed by atoms with Gasteiger partial charge in [0.05, 0.1) is 13.2 Å². The van der Waals surface area contributed by atoms with Gasteiger partial charge in [-0.2, -0.15) is 0 Å². The minimum absolute atomic E-state index is 0.0187. The molecule has 0 saturated heterocycles. The average Bonchev–Trinajstić information content (AvgIpc) is 3.17. The number of carbonyl (C=O) groups is 3. The molecule has 26 heavy (non-hydrogen) atoms. The van der Waals surface area contributed by atoms with Gasteiger partial charge in [-0.1, -0.05) is 23.8 Å². The van der Waals surface area contributed by atoms with Crippen LogP contribution in [0.4, 0.5) is 0 Å². The monoisotopic (exact) mass is 356 g/mol. The van der Waals surface area contributed by atoms with Crippen LogP contribution in [0.25, 0.3) is 0 Å². The van der Waals surface area contributed by atoms with E-state index in [9.17, 15) is 14.4 Å². The van der Waals surface area contributed by atoms with Gasteiger partial charge in [0.15, 0.2) is 11.5 Å². The van der Waals surface area contributed by atoms with Crippen LogP contribution in [0.5, 0.6) is 0 Å². The summed E-state index contributed by atoms with van der Waals surface area (Å²) in [6.45, 7) is 5.67. The van der Waals surface area contributed by atoms with Gasteiger partial charge in [-0.05, 0) is 26.3 Å². The normalized spacial score (nSPS) is 15.7. The first kappa shape index (κ1) is 17.8. The lowest BCUT2D eigenvalue weighted by Crippen LogP contribution is -2.21. The molecule has 1 unspecified atom stereocenters. The number of aryl methyl sites for hydroxylation is 1. The lowest BCUT2D eigenvalue weighted by atomic mass is 10.1. The number of imidazole rings is 1. The van der Waals surface area contributed by atoms with Gasteiger partial charge in [-0.25, -0.2) is 14.6 Å². The molecule has 2 aromatic rings. The zero-order valence-electron chi connectivity index (χ0n) is 14.9. The van der Waals surface area contributed by atoms with Gasteiger partial charge in [0.1, 0.15) is 6.04 Å². The van der Waals surface area contributed by atoms with Crippen LogP contribution >= 0.6 is 0 Å². The number of rotatable bonds is 5. The first-order valence-corrected chi connectivity index (χ1v) is 8.53. The van der Waals surface area contributed by atoms with Gasteiger partial charge < -0.3 is 14.0 Å². The van der Waals surface area contributed by atoms with Gasteiger partial charge in [0, 0.05) is 18.2 Å². The third-order valence-electron chi connectivity index (χ3n) is 4.25. The van der Waals surface area contributed by atoms with Crippen LogP contribution in [0.15, 0.2) is 24.4 Å². The molecule has 1 aromatic carbocycles. The Morgan fingerprint density at radius 2 is 1.88 bits per heavy atom. The average molecular weight is 356 g/mol. The standard InChI is InChI=1S/C19H20N2O5/c1-4-25-18(23)14-10-21(17(20-14)19(24)26-5-2)15-9-12-8-11(3)6-7-13(12)16(15)22/h6-8,10,15H,4-5,9H2,1-3H3. The second kappa shape index (κ2) is 7.11. The Kier molecular flexibility index (Phi) is 4.88. The molecule has 1 aromatic heterocycles. The third-order valence-corrected chi connectivity index (χ3v) is 4.25. The van der Waals surface area contributed by atoms with E-state index in [-0.39, 0.29) is 30.5 Å². The number of esters is 2. The maximum absolute atomic E-state index is 12.8. The molecule has 7 heteroatoms. The van der Waals surface area contributed by atoms with Crippen LogP contribution in [0.1, 0.15) is 62.5 Å². The Balaban J connectivity index is 2.02. The summed E-state index contributed by atoms with van der Waals surface area (Å²) in [5.74, 6) is -1.50. The van der Waals surface area contributed by atoms with Crippen LogP contribution in [0, 0.1) is 6.92 Å². The molecule has 136 valence electrons. The van der Waals surface area contributed by atoms with Crippen molar-refractivity contribution in [1.82, 2.24) is 9.55 Å². The molecule has 0 N–H and O–H groups in total. The molecular formula is C19H20N2O5. The molecule has 0 amide bonds. The summed E-state index contributed by atoms with van der Waals surface area (Å²) < 4.78 is 11.4. The molecular weight excluding hydrogens is 336 g/mol. The second-order valence-corrected chi connectivity index (χ2v) is 6.04. The highest BCUT2D eigenvalue weighted by Crippen LogP contribution is 2.32. The molecule has 1 aliphatic carbocycles. The summed E-state index contributed by atoms with van der Waals surface area (Å²) in [7, 11) is 0. The minimum atomic E-state index is -0.678. The SMILES string of the molecule is CCOC(=O)c1cn(C2Cc3cc(C)ccc3C2=O)c(C(=O)OCC)n1. The van der Waals surface area contributed by atoms with Gasteiger partial charge in [-0.3, -0.25) is 4.79 Å². The summed E-state index contributed by atoms with van der Waals surface area (Å²) in [6, 6.07) is 4.99. The van der Waals surface area contributed by atoms with Crippen LogP contribution in [-0.4, -0.2) is 40.5 Å². The highest BCUT2D eigenvalue weighted by atomic mass is 16.5. The number of Topliss-reactive ketones (excluding diaryl/α,β-unsaturated/α-hetero) is 1. The highest BCUT2D eigenvalue weighted by molar-refractivity contribution is 6.04. The maximum atomic E-state index is 12.8. The Hall–Kier alpha value is -2.96. The zero-order valence-corrected chi connectivity index (χ0v) is 14.9. The van der Waals surface area contributed by atoms with Crippen molar-refractivity contribution in [1.29, 1.82) is 0 Å². The summed E-state index contributed by atoms with van der Waals surface area (Å²) in [5, 5.41) is 0. The quantitative estimate of drug-likeness (QED) is 0.765. The van der Waals surface area contributed by atoms with E-state index < -0.39 is 18.0 Å². The molecule has 0 saturated carbocycles. The number of benzene rings is 1. The van der Waals surface area contributed by atoms with Crippen molar-refractivity contribution in [3.05, 3.63) is 52.6 Å². The number of carbonyl (C=O) groups excluding carboxylic acids is 3. The third kappa shape index (κ3) is 3.12. The maximum Gasteiger partial charge on any atom is 0.374 e. The van der Waals surface area contributed by atoms with E-state index in [0.29, 0.717) is 12.0 Å². The Labute approximate surface area is 150 Å². The van der Waals surface area contributed by atoms with Gasteiger partial charge in [0.25, 0.3) is 0 Å². The fraction of sp³-hybridized carbons (Fsp3) is 0.368. The van der Waals surface area contributed by atoms with Crippen molar-refractivity contribution in [2.24, 2.45) is 0 Å². The molecule has 0 bridgehead atoms. The van der Waals surface area contributed by atoms with Crippen molar-refractivity contribution in [3.63, 3.8) is 0 Å². The Morgan fingerprint density at radius 3 is 2.58 bits per heavy atom. The van der Waals surface area contributed by atoms with Crippen molar-refractivity contribution >= 4 is 17.7 Å². The fourth-order valence-corrected chi connectivity index (χ4v) is 3.12. The summed E-state index contributed by atoms with van der Waals surface area (Å²) >= 11 is 0. The predicted molar refractivity (Wildman–Crippen MR) is 92.4 cm³/mol. The predicted octanol–water partition coefficient (Wildman–Crippen LogP) is 2.53. The lowest BCUT2D eigenvalue weighted by Gasteiger charge is -2.12. The van der Waals surface area contributed by atoms with Crippen LogP contribution < -0.4 is 0 Å². The summed E-state index contributed by atoms with van der Waals surface area (Å²) in [4.78, 5) is 41.2. The van der Waals surface area contributed by atoms with E-state index >= 15 is 0 Å². The number of hydrogen-bond donors (Lipinski definition) is 0. The fourth-order valence-electron chi connectivity index (χ4n) is 3.12. The smallest absolute Gasteiger partial charge is 0.374 e. The van der Waals surface area contributed by atoms with Crippen molar-refractivity contribution < 1.29 is 23.9 Å². The van der Waals surface area contributed by atoms with Crippen LogP contribution in [-0.2, 0) is 15.9 Å². The molecule has 7 nitrogen and oxygen atoms in total. The molecule has 0 spiro atoms. The largest absolute Gasteiger partial charge is 0.461 e. The van der Waals surface area contributed by atoms with E-state index in [1.807, 2.05) is 19.1 Å². The molecule has 0 radical (unpaired) electrons. The minimum Gasteiger partial charge on any atom is -0.461 e. The first-order chi connectivity index (χ1) is 12.5. The van der Waals surface area contributed by atoms with E-state index in [2.05, 4.69) is 4.98 Å². The lowest BCUT2D eigenvalue weighted by molar-refractivity contribution is 0.0504. The number of ether oxygens (including phenoxy) is 2.